The van der Waals surface area contributed by atoms with Crippen molar-refractivity contribution in [3.8, 4) is 11.5 Å². The van der Waals surface area contributed by atoms with Crippen molar-refractivity contribution >= 4 is 0 Å². The monoisotopic (exact) mass is 223 g/mol. The predicted molar refractivity (Wildman–Crippen MR) is 65.9 cm³/mol. The SMILES string of the molecule is CC(C)CCOc1cccc(OCCN)c1. The number of nitrogens with two attached hydrogens (primary N) is 1. The molecule has 16 heavy (non-hydrogen) atoms. The standard InChI is InChI=1S/C13H21NO2/c1-11(2)6-8-15-12-4-3-5-13(10-12)16-9-7-14/h3-5,10-11H,6-9,14H2,1-2H3. The van der Waals surface area contributed by atoms with Gasteiger partial charge in [0.2, 0.25) is 0 Å². The van der Waals surface area contributed by atoms with Gasteiger partial charge in [0, 0.05) is 12.6 Å². The molecule has 0 saturated carbocycles. The van der Waals surface area contributed by atoms with Gasteiger partial charge in [-0.3, -0.25) is 0 Å². The number of benzene rings is 1. The van der Waals surface area contributed by atoms with Crippen LogP contribution in [0.5, 0.6) is 11.5 Å². The summed E-state index contributed by atoms with van der Waals surface area (Å²) in [6.07, 6.45) is 1.06. The molecule has 3 nitrogen and oxygen atoms in total. The second kappa shape index (κ2) is 7.12. The van der Waals surface area contributed by atoms with Gasteiger partial charge < -0.3 is 15.2 Å². The first-order valence-electron chi connectivity index (χ1n) is 5.78. The molecule has 0 saturated heterocycles. The molecule has 0 fully saturated rings. The van der Waals surface area contributed by atoms with Gasteiger partial charge in [-0.1, -0.05) is 19.9 Å². The van der Waals surface area contributed by atoms with Gasteiger partial charge in [0.15, 0.2) is 0 Å². The van der Waals surface area contributed by atoms with E-state index in [0.29, 0.717) is 19.1 Å². The third kappa shape index (κ3) is 5.03. The third-order valence-corrected chi connectivity index (χ3v) is 2.16. The molecular weight excluding hydrogens is 202 g/mol. The van der Waals surface area contributed by atoms with E-state index in [2.05, 4.69) is 13.8 Å². The average Bonchev–Trinajstić information content (AvgIpc) is 2.26. The Balaban J connectivity index is 2.40. The highest BCUT2D eigenvalue weighted by molar-refractivity contribution is 5.32. The Kier molecular flexibility index (Phi) is 5.72. The quantitative estimate of drug-likeness (QED) is 0.772. The van der Waals surface area contributed by atoms with Crippen LogP contribution in [0.15, 0.2) is 24.3 Å². The molecule has 1 aromatic rings. The van der Waals surface area contributed by atoms with E-state index in [1.165, 1.54) is 0 Å². The minimum atomic E-state index is 0.526. The van der Waals surface area contributed by atoms with E-state index in [1.807, 2.05) is 24.3 Å². The normalized spacial score (nSPS) is 10.5. The molecule has 0 amide bonds. The molecule has 0 atom stereocenters. The van der Waals surface area contributed by atoms with Crippen LogP contribution >= 0.6 is 0 Å². The zero-order valence-corrected chi connectivity index (χ0v) is 10.1. The molecule has 2 N–H and O–H groups in total. The van der Waals surface area contributed by atoms with Crippen LogP contribution in [0.1, 0.15) is 20.3 Å². The highest BCUT2D eigenvalue weighted by Gasteiger charge is 1.99. The van der Waals surface area contributed by atoms with Gasteiger partial charge in [0.05, 0.1) is 6.61 Å². The lowest BCUT2D eigenvalue weighted by molar-refractivity contribution is 0.284. The molecule has 90 valence electrons. The fourth-order valence-electron chi connectivity index (χ4n) is 1.24. The Hall–Kier alpha value is -1.22. The van der Waals surface area contributed by atoms with Gasteiger partial charge in [-0.05, 0) is 24.5 Å². The van der Waals surface area contributed by atoms with Gasteiger partial charge in [-0.2, -0.15) is 0 Å². The summed E-state index contributed by atoms with van der Waals surface area (Å²) in [6.45, 7) is 6.18. The molecule has 1 aromatic carbocycles. The Morgan fingerprint density at radius 2 is 1.75 bits per heavy atom. The molecule has 0 aromatic heterocycles. The first-order chi connectivity index (χ1) is 7.72. The van der Waals surface area contributed by atoms with E-state index in [-0.39, 0.29) is 0 Å². The van der Waals surface area contributed by atoms with E-state index in [9.17, 15) is 0 Å². The van der Waals surface area contributed by atoms with Gasteiger partial charge in [0.25, 0.3) is 0 Å². The number of hydrogen-bond acceptors (Lipinski definition) is 3. The van der Waals surface area contributed by atoms with Crippen LogP contribution in [-0.4, -0.2) is 19.8 Å². The van der Waals surface area contributed by atoms with Crippen LogP contribution in [0.25, 0.3) is 0 Å². The minimum absolute atomic E-state index is 0.526. The highest BCUT2D eigenvalue weighted by atomic mass is 16.5. The third-order valence-electron chi connectivity index (χ3n) is 2.16. The zero-order valence-electron chi connectivity index (χ0n) is 10.1. The van der Waals surface area contributed by atoms with Crippen molar-refractivity contribution in [3.05, 3.63) is 24.3 Å². The van der Waals surface area contributed by atoms with Crippen molar-refractivity contribution in [2.75, 3.05) is 19.8 Å². The smallest absolute Gasteiger partial charge is 0.123 e. The molecule has 0 aliphatic carbocycles. The van der Waals surface area contributed by atoms with Crippen LogP contribution in [0.4, 0.5) is 0 Å². The van der Waals surface area contributed by atoms with Crippen molar-refractivity contribution < 1.29 is 9.47 Å². The molecule has 0 spiro atoms. The van der Waals surface area contributed by atoms with Crippen molar-refractivity contribution in [2.45, 2.75) is 20.3 Å². The summed E-state index contributed by atoms with van der Waals surface area (Å²) in [7, 11) is 0. The maximum Gasteiger partial charge on any atom is 0.123 e. The summed E-state index contributed by atoms with van der Waals surface area (Å²) in [5.41, 5.74) is 5.37. The zero-order chi connectivity index (χ0) is 11.8. The lowest BCUT2D eigenvalue weighted by atomic mass is 10.1. The van der Waals surface area contributed by atoms with Gasteiger partial charge in [-0.15, -0.1) is 0 Å². The molecule has 0 heterocycles. The largest absolute Gasteiger partial charge is 0.493 e. The van der Waals surface area contributed by atoms with Crippen molar-refractivity contribution in [3.63, 3.8) is 0 Å². The molecule has 0 unspecified atom stereocenters. The maximum absolute atomic E-state index is 5.63. The number of hydrogen-bond donors (Lipinski definition) is 1. The summed E-state index contributed by atoms with van der Waals surface area (Å²) in [4.78, 5) is 0. The lowest BCUT2D eigenvalue weighted by Crippen LogP contribution is -2.10. The highest BCUT2D eigenvalue weighted by Crippen LogP contribution is 2.19. The average molecular weight is 223 g/mol. The second-order valence-corrected chi connectivity index (χ2v) is 4.14. The number of rotatable bonds is 7. The summed E-state index contributed by atoms with van der Waals surface area (Å²) in [6, 6.07) is 7.67. The molecule has 0 aliphatic rings. The van der Waals surface area contributed by atoms with Crippen LogP contribution in [0.3, 0.4) is 0 Å². The van der Waals surface area contributed by atoms with E-state index in [4.69, 9.17) is 15.2 Å². The first kappa shape index (κ1) is 12.8. The molecule has 1 rings (SSSR count). The van der Waals surface area contributed by atoms with E-state index in [1.54, 1.807) is 0 Å². The van der Waals surface area contributed by atoms with Crippen molar-refractivity contribution in [2.24, 2.45) is 11.7 Å². The molecular formula is C13H21NO2. The first-order valence-corrected chi connectivity index (χ1v) is 5.78. The van der Waals surface area contributed by atoms with Gasteiger partial charge in [-0.25, -0.2) is 0 Å². The summed E-state index contributed by atoms with van der Waals surface area (Å²) in [5, 5.41) is 0. The predicted octanol–water partition coefficient (Wildman–Crippen LogP) is 2.45. The molecule has 3 heteroatoms. The summed E-state index contributed by atoms with van der Waals surface area (Å²) >= 11 is 0. The van der Waals surface area contributed by atoms with Gasteiger partial charge >= 0.3 is 0 Å². The van der Waals surface area contributed by atoms with Crippen LogP contribution in [0, 0.1) is 5.92 Å². The number of ether oxygens (including phenoxy) is 2. The van der Waals surface area contributed by atoms with Crippen molar-refractivity contribution in [1.82, 2.24) is 0 Å². The Labute approximate surface area is 97.6 Å². The molecule has 0 radical (unpaired) electrons. The molecule has 0 bridgehead atoms. The van der Waals surface area contributed by atoms with Crippen molar-refractivity contribution in [1.29, 1.82) is 0 Å². The fourth-order valence-corrected chi connectivity index (χ4v) is 1.24. The molecule has 0 aliphatic heterocycles. The van der Waals surface area contributed by atoms with Crippen LogP contribution in [0.2, 0.25) is 0 Å². The minimum Gasteiger partial charge on any atom is -0.493 e. The Morgan fingerprint density at radius 3 is 2.31 bits per heavy atom. The Morgan fingerprint density at radius 1 is 1.12 bits per heavy atom. The van der Waals surface area contributed by atoms with E-state index < -0.39 is 0 Å². The second-order valence-electron chi connectivity index (χ2n) is 4.14. The van der Waals surface area contributed by atoms with E-state index >= 15 is 0 Å². The lowest BCUT2D eigenvalue weighted by Gasteiger charge is -2.10. The summed E-state index contributed by atoms with van der Waals surface area (Å²) in [5.74, 6) is 2.33. The maximum atomic E-state index is 5.63. The van der Waals surface area contributed by atoms with Crippen LogP contribution in [-0.2, 0) is 0 Å². The topological polar surface area (TPSA) is 44.5 Å². The Bertz CT molecular complexity index is 300. The van der Waals surface area contributed by atoms with Crippen LogP contribution < -0.4 is 15.2 Å². The summed E-state index contributed by atoms with van der Waals surface area (Å²) < 4.78 is 11.0. The van der Waals surface area contributed by atoms with Gasteiger partial charge in [0.1, 0.15) is 18.1 Å². The van der Waals surface area contributed by atoms with E-state index in [0.717, 1.165) is 24.5 Å². The fraction of sp³-hybridized carbons (Fsp3) is 0.538.